The largest absolute Gasteiger partial charge is 0.496 e. The Hall–Kier alpha value is -2.57. The summed E-state index contributed by atoms with van der Waals surface area (Å²) in [6.45, 7) is 1.59. The molecule has 0 spiro atoms. The number of hydrogen-bond acceptors (Lipinski definition) is 4. The second kappa shape index (κ2) is 8.50. The smallest absolute Gasteiger partial charge is 0.339 e. The van der Waals surface area contributed by atoms with E-state index in [1.165, 1.54) is 20.1 Å². The summed E-state index contributed by atoms with van der Waals surface area (Å²) in [5.41, 5.74) is 0.697. The number of nitrogens with one attached hydrogen (secondary N) is 2. The molecule has 0 radical (unpaired) electrons. The number of carboxylic acid groups (broad SMARTS) is 1. The number of ether oxygens (including phenoxy) is 1. The molecular formula is C18H24N2O5. The molecule has 1 aromatic rings. The SMILES string of the molecule is COc1ccc(CNC(=O)[C@H](NC(C)=O)C2CCCC2)cc1C(=O)O. The minimum atomic E-state index is -1.09. The predicted molar refractivity (Wildman–Crippen MR) is 91.4 cm³/mol. The summed E-state index contributed by atoms with van der Waals surface area (Å²) in [5, 5.41) is 14.8. The lowest BCUT2D eigenvalue weighted by atomic mass is 9.97. The van der Waals surface area contributed by atoms with Crippen LogP contribution in [0.15, 0.2) is 18.2 Å². The maximum absolute atomic E-state index is 12.5. The summed E-state index contributed by atoms with van der Waals surface area (Å²) in [6.07, 6.45) is 3.97. The highest BCUT2D eigenvalue weighted by atomic mass is 16.5. The average Bonchev–Trinajstić information content (AvgIpc) is 3.11. The van der Waals surface area contributed by atoms with Gasteiger partial charge in [0.1, 0.15) is 17.4 Å². The van der Waals surface area contributed by atoms with E-state index >= 15 is 0 Å². The number of hydrogen-bond donors (Lipinski definition) is 3. The van der Waals surface area contributed by atoms with Crippen molar-refractivity contribution in [1.82, 2.24) is 10.6 Å². The van der Waals surface area contributed by atoms with Gasteiger partial charge >= 0.3 is 5.97 Å². The maximum atomic E-state index is 12.5. The molecule has 7 nitrogen and oxygen atoms in total. The molecule has 136 valence electrons. The lowest BCUT2D eigenvalue weighted by Gasteiger charge is -2.23. The van der Waals surface area contributed by atoms with Crippen LogP contribution in [0.3, 0.4) is 0 Å². The van der Waals surface area contributed by atoms with Crippen LogP contribution in [-0.2, 0) is 16.1 Å². The first-order valence-corrected chi connectivity index (χ1v) is 8.37. The standard InChI is InChI=1S/C18H24N2O5/c1-11(21)20-16(13-5-3-4-6-13)17(22)19-10-12-7-8-15(25-2)14(9-12)18(23)24/h7-9,13,16H,3-6,10H2,1-2H3,(H,19,22)(H,20,21)(H,23,24)/t16-/m1/s1. The van der Waals surface area contributed by atoms with Crippen molar-refractivity contribution in [1.29, 1.82) is 0 Å². The van der Waals surface area contributed by atoms with Gasteiger partial charge < -0.3 is 20.5 Å². The van der Waals surface area contributed by atoms with Crippen LogP contribution in [0.2, 0.25) is 0 Å². The van der Waals surface area contributed by atoms with E-state index in [4.69, 9.17) is 4.74 Å². The van der Waals surface area contributed by atoms with Crippen LogP contribution in [0.1, 0.15) is 48.5 Å². The molecule has 2 rings (SSSR count). The quantitative estimate of drug-likeness (QED) is 0.696. The molecule has 1 aliphatic rings. The summed E-state index contributed by atoms with van der Waals surface area (Å²) in [5.74, 6) is -1.15. The van der Waals surface area contributed by atoms with Crippen LogP contribution in [0.5, 0.6) is 5.75 Å². The first kappa shape index (κ1) is 18.8. The molecule has 0 bridgehead atoms. The van der Waals surface area contributed by atoms with Crippen LogP contribution in [0.4, 0.5) is 0 Å². The van der Waals surface area contributed by atoms with Gasteiger partial charge in [-0.2, -0.15) is 0 Å². The van der Waals surface area contributed by atoms with Crippen molar-refractivity contribution >= 4 is 17.8 Å². The number of aromatic carboxylic acids is 1. The van der Waals surface area contributed by atoms with Gasteiger partial charge in [-0.15, -0.1) is 0 Å². The number of carboxylic acids is 1. The maximum Gasteiger partial charge on any atom is 0.339 e. The highest BCUT2D eigenvalue weighted by Crippen LogP contribution is 2.28. The number of carbonyl (C=O) groups excluding carboxylic acids is 2. The number of benzene rings is 1. The Labute approximate surface area is 146 Å². The molecule has 1 saturated carbocycles. The molecule has 0 unspecified atom stereocenters. The van der Waals surface area contributed by atoms with Crippen LogP contribution < -0.4 is 15.4 Å². The highest BCUT2D eigenvalue weighted by Gasteiger charge is 2.31. The van der Waals surface area contributed by atoms with Crippen molar-refractivity contribution in [3.05, 3.63) is 29.3 Å². The summed E-state index contributed by atoms with van der Waals surface area (Å²) in [7, 11) is 1.41. The first-order chi connectivity index (χ1) is 11.9. The van der Waals surface area contributed by atoms with E-state index in [1.807, 2.05) is 0 Å². The van der Waals surface area contributed by atoms with Crippen molar-refractivity contribution in [2.24, 2.45) is 5.92 Å². The van der Waals surface area contributed by atoms with Crippen LogP contribution in [-0.4, -0.2) is 36.0 Å². The second-order valence-corrected chi connectivity index (χ2v) is 6.28. The minimum Gasteiger partial charge on any atom is -0.496 e. The molecule has 7 heteroatoms. The topological polar surface area (TPSA) is 105 Å². The lowest BCUT2D eigenvalue weighted by molar-refractivity contribution is -0.129. The number of rotatable bonds is 7. The molecule has 0 aliphatic heterocycles. The van der Waals surface area contributed by atoms with Gasteiger partial charge in [0.25, 0.3) is 0 Å². The fourth-order valence-electron chi connectivity index (χ4n) is 3.24. The fraction of sp³-hybridized carbons (Fsp3) is 0.500. The number of carbonyl (C=O) groups is 3. The zero-order valence-corrected chi connectivity index (χ0v) is 14.5. The van der Waals surface area contributed by atoms with Crippen molar-refractivity contribution in [3.8, 4) is 5.75 Å². The van der Waals surface area contributed by atoms with Gasteiger partial charge in [0.15, 0.2) is 0 Å². The second-order valence-electron chi connectivity index (χ2n) is 6.28. The molecule has 0 heterocycles. The Morgan fingerprint density at radius 3 is 2.52 bits per heavy atom. The number of methoxy groups -OCH3 is 1. The van der Waals surface area contributed by atoms with Crippen LogP contribution >= 0.6 is 0 Å². The van der Waals surface area contributed by atoms with E-state index in [0.29, 0.717) is 5.56 Å². The van der Waals surface area contributed by atoms with E-state index in [2.05, 4.69) is 10.6 Å². The molecule has 1 atom stereocenters. The van der Waals surface area contributed by atoms with Crippen molar-refractivity contribution in [2.75, 3.05) is 7.11 Å². The van der Waals surface area contributed by atoms with Gasteiger partial charge in [-0.05, 0) is 36.5 Å². The molecule has 2 amide bonds. The van der Waals surface area contributed by atoms with Gasteiger partial charge in [0, 0.05) is 13.5 Å². The van der Waals surface area contributed by atoms with Gasteiger partial charge in [-0.3, -0.25) is 9.59 Å². The molecular weight excluding hydrogens is 324 g/mol. The summed E-state index contributed by atoms with van der Waals surface area (Å²) in [4.78, 5) is 35.2. The van der Waals surface area contributed by atoms with Crippen molar-refractivity contribution in [3.63, 3.8) is 0 Å². The molecule has 0 aromatic heterocycles. The van der Waals surface area contributed by atoms with Gasteiger partial charge in [-0.1, -0.05) is 18.9 Å². The van der Waals surface area contributed by atoms with Crippen LogP contribution in [0.25, 0.3) is 0 Å². The van der Waals surface area contributed by atoms with Crippen LogP contribution in [0, 0.1) is 5.92 Å². The average molecular weight is 348 g/mol. The van der Waals surface area contributed by atoms with E-state index in [0.717, 1.165) is 25.7 Å². The fourth-order valence-corrected chi connectivity index (χ4v) is 3.24. The monoisotopic (exact) mass is 348 g/mol. The van der Waals surface area contributed by atoms with E-state index in [1.54, 1.807) is 12.1 Å². The van der Waals surface area contributed by atoms with Crippen molar-refractivity contribution in [2.45, 2.75) is 45.2 Å². The Bertz CT molecular complexity index is 653. The lowest BCUT2D eigenvalue weighted by Crippen LogP contribution is -2.49. The molecule has 1 aromatic carbocycles. The van der Waals surface area contributed by atoms with Gasteiger partial charge in [0.2, 0.25) is 11.8 Å². The normalized spacial score (nSPS) is 15.4. The van der Waals surface area contributed by atoms with Gasteiger partial charge in [-0.25, -0.2) is 4.79 Å². The predicted octanol–water partition coefficient (Wildman–Crippen LogP) is 1.70. The Kier molecular flexibility index (Phi) is 6.38. The molecule has 3 N–H and O–H groups in total. The number of amides is 2. The summed E-state index contributed by atoms with van der Waals surface area (Å²) >= 11 is 0. The summed E-state index contributed by atoms with van der Waals surface area (Å²) in [6, 6.07) is 4.20. The van der Waals surface area contributed by atoms with E-state index in [9.17, 15) is 19.5 Å². The third kappa shape index (κ3) is 4.95. The Morgan fingerprint density at radius 1 is 1.28 bits per heavy atom. The minimum absolute atomic E-state index is 0.0449. The highest BCUT2D eigenvalue weighted by molar-refractivity contribution is 5.91. The zero-order chi connectivity index (χ0) is 18.4. The van der Waals surface area contributed by atoms with E-state index < -0.39 is 12.0 Å². The van der Waals surface area contributed by atoms with E-state index in [-0.39, 0.29) is 35.6 Å². The third-order valence-corrected chi connectivity index (χ3v) is 4.47. The summed E-state index contributed by atoms with van der Waals surface area (Å²) < 4.78 is 5.02. The molecule has 0 saturated heterocycles. The molecule has 1 aliphatic carbocycles. The zero-order valence-electron chi connectivity index (χ0n) is 14.5. The third-order valence-electron chi connectivity index (χ3n) is 4.47. The Balaban J connectivity index is 2.05. The molecule has 1 fully saturated rings. The Morgan fingerprint density at radius 2 is 1.96 bits per heavy atom. The van der Waals surface area contributed by atoms with Gasteiger partial charge in [0.05, 0.1) is 7.11 Å². The van der Waals surface area contributed by atoms with Crippen molar-refractivity contribution < 1.29 is 24.2 Å². The molecule has 25 heavy (non-hydrogen) atoms. The first-order valence-electron chi connectivity index (χ1n) is 8.37.